The molecule has 0 radical (unpaired) electrons. The van der Waals surface area contributed by atoms with Crippen LogP contribution in [0.25, 0.3) is 10.1 Å². The van der Waals surface area contributed by atoms with Crippen LogP contribution in [0.3, 0.4) is 0 Å². The SMILES string of the molecule is O=C(NC(C(=O)O)C12CC3CC(CC(C3)C1)C2)c1sc2ccccc2c1OCC1CCCCC1. The van der Waals surface area contributed by atoms with Gasteiger partial charge in [0.2, 0.25) is 0 Å². The first-order valence-electron chi connectivity index (χ1n) is 13.2. The summed E-state index contributed by atoms with van der Waals surface area (Å²) in [5, 5.41) is 14.2. The minimum Gasteiger partial charge on any atom is -0.491 e. The van der Waals surface area contributed by atoms with Crippen LogP contribution in [0.5, 0.6) is 5.75 Å². The first-order valence-corrected chi connectivity index (χ1v) is 14.0. The molecule has 7 rings (SSSR count). The number of carbonyl (C=O) groups excluding carboxylic acids is 1. The Kier molecular flexibility index (Phi) is 5.83. The van der Waals surface area contributed by atoms with E-state index in [1.54, 1.807) is 0 Å². The van der Waals surface area contributed by atoms with Crippen LogP contribution in [0.1, 0.15) is 80.3 Å². The third-order valence-corrected chi connectivity index (χ3v) is 10.3. The van der Waals surface area contributed by atoms with E-state index in [1.165, 1.54) is 62.7 Å². The number of nitrogens with one attached hydrogen (secondary N) is 1. The molecule has 0 aliphatic heterocycles. The monoisotopic (exact) mass is 481 g/mol. The quantitative estimate of drug-likeness (QED) is 0.489. The summed E-state index contributed by atoms with van der Waals surface area (Å²) in [6.45, 7) is 0.623. The molecule has 5 nitrogen and oxygen atoms in total. The molecule has 5 aliphatic rings. The molecule has 1 aromatic heterocycles. The number of carboxylic acid groups (broad SMARTS) is 1. The van der Waals surface area contributed by atoms with Crippen LogP contribution < -0.4 is 10.1 Å². The zero-order chi connectivity index (χ0) is 23.3. The molecule has 1 amide bonds. The van der Waals surface area contributed by atoms with E-state index in [1.807, 2.05) is 24.3 Å². The summed E-state index contributed by atoms with van der Waals surface area (Å²) in [5.41, 5.74) is -0.296. The third-order valence-electron chi connectivity index (χ3n) is 9.16. The molecule has 1 heterocycles. The van der Waals surface area contributed by atoms with E-state index in [0.29, 0.717) is 40.9 Å². The van der Waals surface area contributed by atoms with Crippen molar-refractivity contribution in [3.05, 3.63) is 29.1 Å². The molecule has 4 bridgehead atoms. The molecule has 5 aliphatic carbocycles. The topological polar surface area (TPSA) is 75.6 Å². The molecule has 5 saturated carbocycles. The lowest BCUT2D eigenvalue weighted by molar-refractivity contribution is -0.150. The van der Waals surface area contributed by atoms with Crippen LogP contribution in [-0.2, 0) is 4.79 Å². The normalized spacial score (nSPS) is 31.5. The molecule has 6 heteroatoms. The fraction of sp³-hybridized carbons (Fsp3) is 0.643. The van der Waals surface area contributed by atoms with Gasteiger partial charge in [-0.1, -0.05) is 31.4 Å². The molecule has 34 heavy (non-hydrogen) atoms. The van der Waals surface area contributed by atoms with E-state index < -0.39 is 12.0 Å². The highest BCUT2D eigenvalue weighted by Crippen LogP contribution is 2.61. The number of carbonyl (C=O) groups is 2. The van der Waals surface area contributed by atoms with E-state index in [-0.39, 0.29) is 11.3 Å². The second kappa shape index (κ2) is 8.85. The molecule has 182 valence electrons. The van der Waals surface area contributed by atoms with Crippen LogP contribution in [0.2, 0.25) is 0 Å². The number of hydrogen-bond acceptors (Lipinski definition) is 4. The number of aliphatic carboxylic acids is 1. The molecule has 1 atom stereocenters. The van der Waals surface area contributed by atoms with Crippen molar-refractivity contribution in [2.75, 3.05) is 6.61 Å². The van der Waals surface area contributed by atoms with Gasteiger partial charge in [-0.3, -0.25) is 4.79 Å². The van der Waals surface area contributed by atoms with Crippen molar-refractivity contribution in [3.8, 4) is 5.75 Å². The number of ether oxygens (including phenoxy) is 1. The van der Waals surface area contributed by atoms with Gasteiger partial charge in [-0.2, -0.15) is 0 Å². The van der Waals surface area contributed by atoms with E-state index in [0.717, 1.165) is 29.3 Å². The Hall–Kier alpha value is -2.08. The lowest BCUT2D eigenvalue weighted by atomic mass is 9.47. The highest BCUT2D eigenvalue weighted by molar-refractivity contribution is 7.21. The Balaban J connectivity index is 1.27. The minimum atomic E-state index is -0.888. The van der Waals surface area contributed by atoms with Gasteiger partial charge in [0.15, 0.2) is 5.75 Å². The number of thiophene rings is 1. The van der Waals surface area contributed by atoms with Gasteiger partial charge in [0.05, 0.1) is 6.61 Å². The smallest absolute Gasteiger partial charge is 0.326 e. The van der Waals surface area contributed by atoms with Gasteiger partial charge >= 0.3 is 5.97 Å². The summed E-state index contributed by atoms with van der Waals surface area (Å²) < 4.78 is 7.35. The molecule has 0 saturated heterocycles. The number of carboxylic acids is 1. The first-order chi connectivity index (χ1) is 16.5. The number of rotatable bonds is 7. The van der Waals surface area contributed by atoms with Crippen molar-refractivity contribution in [2.24, 2.45) is 29.1 Å². The second-order valence-electron chi connectivity index (χ2n) is 11.6. The molecule has 1 unspecified atom stereocenters. The van der Waals surface area contributed by atoms with Crippen molar-refractivity contribution in [3.63, 3.8) is 0 Å². The molecule has 5 fully saturated rings. The minimum absolute atomic E-state index is 0.289. The maximum absolute atomic E-state index is 13.7. The average Bonchev–Trinajstić information content (AvgIpc) is 3.19. The summed E-state index contributed by atoms with van der Waals surface area (Å²) in [7, 11) is 0. The molecule has 2 N–H and O–H groups in total. The zero-order valence-electron chi connectivity index (χ0n) is 19.8. The van der Waals surface area contributed by atoms with Crippen molar-refractivity contribution in [1.82, 2.24) is 5.32 Å². The Bertz CT molecular complexity index is 1050. The van der Waals surface area contributed by atoms with Crippen LogP contribution in [-0.4, -0.2) is 29.6 Å². The molecule has 1 aromatic carbocycles. The lowest BCUT2D eigenvalue weighted by Gasteiger charge is -2.58. The maximum atomic E-state index is 13.7. The fourth-order valence-corrected chi connectivity index (χ4v) is 9.12. The van der Waals surface area contributed by atoms with E-state index in [9.17, 15) is 14.7 Å². The number of benzene rings is 1. The van der Waals surface area contributed by atoms with E-state index >= 15 is 0 Å². The standard InChI is InChI=1S/C28H35NO4S/c30-26(29-25(27(31)32)28-13-18-10-19(14-28)12-20(11-18)15-28)24-23(21-8-4-5-9-22(21)34-24)33-16-17-6-2-1-3-7-17/h4-5,8-9,17-20,25H,1-3,6-7,10-16H2,(H,29,30)(H,31,32). The van der Waals surface area contributed by atoms with Crippen LogP contribution in [0.4, 0.5) is 0 Å². The zero-order valence-corrected chi connectivity index (χ0v) is 20.6. The maximum Gasteiger partial charge on any atom is 0.326 e. The van der Waals surface area contributed by atoms with E-state index in [2.05, 4.69) is 5.32 Å². The third kappa shape index (κ3) is 4.02. The number of amides is 1. The van der Waals surface area contributed by atoms with Gasteiger partial charge in [-0.05, 0) is 87.2 Å². The van der Waals surface area contributed by atoms with Gasteiger partial charge in [-0.15, -0.1) is 11.3 Å². The Labute approximate surface area is 205 Å². The summed E-state index contributed by atoms with van der Waals surface area (Å²) >= 11 is 1.42. The molecule has 0 spiro atoms. The molecular formula is C28H35NO4S. The van der Waals surface area contributed by atoms with Crippen LogP contribution in [0.15, 0.2) is 24.3 Å². The summed E-state index contributed by atoms with van der Waals surface area (Å²) in [6, 6.07) is 7.13. The number of fused-ring (bicyclic) bond motifs is 1. The van der Waals surface area contributed by atoms with Crippen molar-refractivity contribution < 1.29 is 19.4 Å². The Morgan fingerprint density at radius 1 is 1.03 bits per heavy atom. The van der Waals surface area contributed by atoms with Gasteiger partial charge in [0, 0.05) is 15.5 Å². The van der Waals surface area contributed by atoms with Gasteiger partial charge in [0.25, 0.3) is 5.91 Å². The fourth-order valence-electron chi connectivity index (χ4n) is 8.07. The highest BCUT2D eigenvalue weighted by Gasteiger charge is 2.56. The molecular weight excluding hydrogens is 446 g/mol. The first kappa shape index (κ1) is 22.4. The van der Waals surface area contributed by atoms with Crippen LogP contribution in [0, 0.1) is 29.1 Å². The van der Waals surface area contributed by atoms with Crippen LogP contribution >= 0.6 is 11.3 Å². The Morgan fingerprint density at radius 3 is 2.32 bits per heavy atom. The highest BCUT2D eigenvalue weighted by atomic mass is 32.1. The van der Waals surface area contributed by atoms with E-state index in [4.69, 9.17) is 4.74 Å². The summed E-state index contributed by atoms with van der Waals surface area (Å²) in [6.07, 6.45) is 12.7. The summed E-state index contributed by atoms with van der Waals surface area (Å²) in [4.78, 5) is 26.7. The van der Waals surface area contributed by atoms with Gasteiger partial charge < -0.3 is 15.2 Å². The predicted molar refractivity (Wildman–Crippen MR) is 133 cm³/mol. The van der Waals surface area contributed by atoms with Gasteiger partial charge in [0.1, 0.15) is 10.9 Å². The predicted octanol–water partition coefficient (Wildman–Crippen LogP) is 6.26. The summed E-state index contributed by atoms with van der Waals surface area (Å²) in [5.74, 6) is 1.88. The second-order valence-corrected chi connectivity index (χ2v) is 12.6. The molecule has 2 aromatic rings. The van der Waals surface area contributed by atoms with Crippen molar-refractivity contribution in [2.45, 2.75) is 76.7 Å². The largest absolute Gasteiger partial charge is 0.491 e. The lowest BCUT2D eigenvalue weighted by Crippen LogP contribution is -2.59. The van der Waals surface area contributed by atoms with Crippen molar-refractivity contribution in [1.29, 1.82) is 0 Å². The average molecular weight is 482 g/mol. The van der Waals surface area contributed by atoms with Gasteiger partial charge in [-0.25, -0.2) is 4.79 Å². The number of hydrogen-bond donors (Lipinski definition) is 2. The van der Waals surface area contributed by atoms with Crippen molar-refractivity contribution >= 4 is 33.3 Å². The Morgan fingerprint density at radius 2 is 1.68 bits per heavy atom.